The lowest BCUT2D eigenvalue weighted by Crippen LogP contribution is -2.34. The summed E-state index contributed by atoms with van der Waals surface area (Å²) in [6.45, 7) is 10.2. The Morgan fingerprint density at radius 3 is 2.55 bits per heavy atom. The molecule has 2 rings (SSSR count). The third-order valence-corrected chi connectivity index (χ3v) is 4.94. The summed E-state index contributed by atoms with van der Waals surface area (Å²) in [6.07, 6.45) is 3.68. The standard InChI is InChI=1S/C22H28O7/c1-6-16(11-27-15(5)23)22(26)29-19-10-13(3)8-17(24)7-12(2)9-18-20(19)14(4)21(25)28-18/h6,8-9,17-20,24H,4,7,10-11H2,1-3,5H3/b12-9+,13-8+,16-6-/t17-,18-,19-,20+/m1/s1. The van der Waals surface area contributed by atoms with Crippen LogP contribution in [0.2, 0.25) is 0 Å². The smallest absolute Gasteiger partial charge is 0.337 e. The Hall–Kier alpha value is -2.67. The van der Waals surface area contributed by atoms with Crippen molar-refractivity contribution in [2.45, 2.75) is 58.8 Å². The van der Waals surface area contributed by atoms with E-state index in [1.807, 2.05) is 13.8 Å². The van der Waals surface area contributed by atoms with E-state index in [4.69, 9.17) is 14.2 Å². The zero-order valence-corrected chi connectivity index (χ0v) is 17.3. The van der Waals surface area contributed by atoms with Gasteiger partial charge in [0.05, 0.1) is 17.6 Å². The van der Waals surface area contributed by atoms with Crippen LogP contribution in [0.5, 0.6) is 0 Å². The highest BCUT2D eigenvalue weighted by molar-refractivity contribution is 5.92. The van der Waals surface area contributed by atoms with Gasteiger partial charge in [-0.05, 0) is 33.3 Å². The molecule has 0 unspecified atom stereocenters. The molecule has 7 heteroatoms. The van der Waals surface area contributed by atoms with Gasteiger partial charge in [0.25, 0.3) is 0 Å². The van der Waals surface area contributed by atoms with E-state index in [1.165, 1.54) is 13.0 Å². The number of carbonyl (C=O) groups excluding carboxylic acids is 3. The molecule has 0 amide bonds. The molecule has 0 aromatic rings. The van der Waals surface area contributed by atoms with Gasteiger partial charge in [-0.25, -0.2) is 9.59 Å². The van der Waals surface area contributed by atoms with Gasteiger partial charge in [0, 0.05) is 18.9 Å². The third-order valence-electron chi connectivity index (χ3n) is 4.94. The van der Waals surface area contributed by atoms with E-state index in [-0.39, 0.29) is 17.8 Å². The van der Waals surface area contributed by atoms with Crippen molar-refractivity contribution in [3.63, 3.8) is 0 Å². The number of hydrogen-bond donors (Lipinski definition) is 1. The van der Waals surface area contributed by atoms with E-state index in [1.54, 1.807) is 19.1 Å². The van der Waals surface area contributed by atoms with Crippen LogP contribution in [0.1, 0.15) is 40.5 Å². The van der Waals surface area contributed by atoms with Crippen LogP contribution in [-0.4, -0.2) is 47.9 Å². The molecule has 4 atom stereocenters. The Morgan fingerprint density at radius 2 is 1.93 bits per heavy atom. The third kappa shape index (κ3) is 5.90. The highest BCUT2D eigenvalue weighted by atomic mass is 16.6. The van der Waals surface area contributed by atoms with E-state index in [2.05, 4.69) is 6.58 Å². The molecule has 1 fully saturated rings. The second-order valence-corrected chi connectivity index (χ2v) is 7.46. The number of esters is 3. The number of aliphatic hydroxyl groups excluding tert-OH is 1. The van der Waals surface area contributed by atoms with Crippen molar-refractivity contribution in [3.05, 3.63) is 47.1 Å². The van der Waals surface area contributed by atoms with E-state index in [0.29, 0.717) is 12.8 Å². The van der Waals surface area contributed by atoms with Gasteiger partial charge in [-0.1, -0.05) is 29.9 Å². The predicted octanol–water partition coefficient (Wildman–Crippen LogP) is 2.55. The van der Waals surface area contributed by atoms with E-state index < -0.39 is 42.1 Å². The highest BCUT2D eigenvalue weighted by Gasteiger charge is 2.44. The zero-order chi connectivity index (χ0) is 21.7. The van der Waals surface area contributed by atoms with Gasteiger partial charge in [-0.2, -0.15) is 0 Å². The van der Waals surface area contributed by atoms with Gasteiger partial charge < -0.3 is 19.3 Å². The molecule has 1 aliphatic heterocycles. The molecule has 1 heterocycles. The van der Waals surface area contributed by atoms with Gasteiger partial charge in [0.1, 0.15) is 18.8 Å². The number of fused-ring (bicyclic) bond motifs is 1. The summed E-state index contributed by atoms with van der Waals surface area (Å²) in [6, 6.07) is 0. The Balaban J connectivity index is 2.34. The average Bonchev–Trinajstić information content (AvgIpc) is 2.87. The average molecular weight is 404 g/mol. The van der Waals surface area contributed by atoms with E-state index in [9.17, 15) is 19.5 Å². The van der Waals surface area contributed by atoms with Gasteiger partial charge in [-0.15, -0.1) is 0 Å². The van der Waals surface area contributed by atoms with Crippen LogP contribution in [-0.2, 0) is 28.6 Å². The van der Waals surface area contributed by atoms with Gasteiger partial charge in [0.2, 0.25) is 0 Å². The van der Waals surface area contributed by atoms with Crippen molar-refractivity contribution in [2.24, 2.45) is 5.92 Å². The first-order valence-electron chi connectivity index (χ1n) is 9.54. The molecule has 1 saturated heterocycles. The summed E-state index contributed by atoms with van der Waals surface area (Å²) in [4.78, 5) is 35.9. The van der Waals surface area contributed by atoms with Gasteiger partial charge in [-0.3, -0.25) is 4.79 Å². The second kappa shape index (κ2) is 9.69. The van der Waals surface area contributed by atoms with Crippen LogP contribution in [0.4, 0.5) is 0 Å². The van der Waals surface area contributed by atoms with Crippen LogP contribution in [0.15, 0.2) is 47.1 Å². The summed E-state index contributed by atoms with van der Waals surface area (Å²) in [5.74, 6) is -2.23. The van der Waals surface area contributed by atoms with E-state index in [0.717, 1.165) is 11.1 Å². The number of rotatable bonds is 4. The first kappa shape index (κ1) is 22.6. The molecule has 0 aromatic heterocycles. The molecular formula is C22H28O7. The molecule has 0 saturated carbocycles. The highest BCUT2D eigenvalue weighted by Crippen LogP contribution is 2.36. The Bertz CT molecular complexity index is 787. The number of ether oxygens (including phenoxy) is 3. The fraction of sp³-hybridized carbons (Fsp3) is 0.500. The summed E-state index contributed by atoms with van der Waals surface area (Å²) >= 11 is 0. The molecule has 7 nitrogen and oxygen atoms in total. The van der Waals surface area contributed by atoms with Crippen molar-refractivity contribution in [1.29, 1.82) is 0 Å². The minimum Gasteiger partial charge on any atom is -0.461 e. The van der Waals surface area contributed by atoms with Gasteiger partial charge in [0.15, 0.2) is 0 Å². The van der Waals surface area contributed by atoms with Gasteiger partial charge >= 0.3 is 17.9 Å². The summed E-state index contributed by atoms with van der Waals surface area (Å²) < 4.78 is 16.1. The molecule has 0 spiro atoms. The fourth-order valence-electron chi connectivity index (χ4n) is 3.53. The van der Waals surface area contributed by atoms with Crippen molar-refractivity contribution in [1.82, 2.24) is 0 Å². The normalized spacial score (nSPS) is 31.6. The molecular weight excluding hydrogens is 376 g/mol. The quantitative estimate of drug-likeness (QED) is 0.333. The molecule has 0 bridgehead atoms. The van der Waals surface area contributed by atoms with Crippen LogP contribution < -0.4 is 0 Å². The topological polar surface area (TPSA) is 99.1 Å². The number of hydrogen-bond acceptors (Lipinski definition) is 7. The number of carbonyl (C=O) groups is 3. The van der Waals surface area contributed by atoms with Crippen molar-refractivity contribution in [3.8, 4) is 0 Å². The molecule has 0 aromatic carbocycles. The minimum atomic E-state index is -0.732. The molecule has 1 aliphatic carbocycles. The molecule has 2 aliphatic rings. The summed E-state index contributed by atoms with van der Waals surface area (Å²) in [7, 11) is 0. The Kier molecular flexibility index (Phi) is 7.56. The maximum absolute atomic E-state index is 12.7. The minimum absolute atomic E-state index is 0.193. The molecule has 1 N–H and O–H groups in total. The maximum atomic E-state index is 12.7. The fourth-order valence-corrected chi connectivity index (χ4v) is 3.53. The largest absolute Gasteiger partial charge is 0.461 e. The monoisotopic (exact) mass is 404 g/mol. The number of allylic oxidation sites excluding steroid dienone is 1. The van der Waals surface area contributed by atoms with Crippen LogP contribution in [0.25, 0.3) is 0 Å². The lowest BCUT2D eigenvalue weighted by atomic mass is 9.85. The van der Waals surface area contributed by atoms with Crippen LogP contribution >= 0.6 is 0 Å². The summed E-state index contributed by atoms with van der Waals surface area (Å²) in [5.41, 5.74) is 2.11. The van der Waals surface area contributed by atoms with Crippen LogP contribution in [0, 0.1) is 5.92 Å². The maximum Gasteiger partial charge on any atom is 0.337 e. The predicted molar refractivity (Wildman–Crippen MR) is 106 cm³/mol. The van der Waals surface area contributed by atoms with Crippen molar-refractivity contribution < 1.29 is 33.7 Å². The van der Waals surface area contributed by atoms with Crippen LogP contribution in [0.3, 0.4) is 0 Å². The zero-order valence-electron chi connectivity index (χ0n) is 17.3. The second-order valence-electron chi connectivity index (χ2n) is 7.46. The SMILES string of the molecule is C=C1C(=O)O[C@@H]2/C=C(\C)C[C@@H](O)/C=C(\C)C[C@@H](OC(=O)/C(=C\C)COC(C)=O)[C@@H]12. The first-order valence-corrected chi connectivity index (χ1v) is 9.54. The first-order chi connectivity index (χ1) is 13.6. The van der Waals surface area contributed by atoms with Crippen molar-refractivity contribution in [2.75, 3.05) is 6.61 Å². The lowest BCUT2D eigenvalue weighted by molar-refractivity contribution is -0.148. The lowest BCUT2D eigenvalue weighted by Gasteiger charge is -2.28. The molecule has 158 valence electrons. The van der Waals surface area contributed by atoms with Crippen molar-refractivity contribution >= 4 is 17.9 Å². The Morgan fingerprint density at radius 1 is 1.28 bits per heavy atom. The van der Waals surface area contributed by atoms with E-state index >= 15 is 0 Å². The summed E-state index contributed by atoms with van der Waals surface area (Å²) in [5, 5.41) is 10.2. The molecule has 0 radical (unpaired) electrons. The Labute approximate surface area is 170 Å². The molecule has 29 heavy (non-hydrogen) atoms. The number of aliphatic hydroxyl groups is 1.